The van der Waals surface area contributed by atoms with Gasteiger partial charge in [-0.15, -0.1) is 0 Å². The first kappa shape index (κ1) is 18.8. The zero-order chi connectivity index (χ0) is 19.6. The van der Waals surface area contributed by atoms with Gasteiger partial charge in [-0.05, 0) is 43.2 Å². The first-order chi connectivity index (χ1) is 12.9. The van der Waals surface area contributed by atoms with Gasteiger partial charge in [-0.2, -0.15) is 0 Å². The van der Waals surface area contributed by atoms with Gasteiger partial charge in [0.15, 0.2) is 0 Å². The number of carbonyl (C=O) groups excluding carboxylic acids is 3. The summed E-state index contributed by atoms with van der Waals surface area (Å²) in [6, 6.07) is 12.6. The average Bonchev–Trinajstić information content (AvgIpc) is 2.92. The SMILES string of the molecule is CC(c1ccc(F)cc1)N(C)C(=O)CCCN1C(=O)c2ccccc2C1=O. The van der Waals surface area contributed by atoms with Gasteiger partial charge in [0.2, 0.25) is 5.91 Å². The Bertz CT molecular complexity index is 844. The summed E-state index contributed by atoms with van der Waals surface area (Å²) < 4.78 is 13.0. The minimum atomic E-state index is -0.319. The first-order valence-electron chi connectivity index (χ1n) is 8.86. The third-order valence-corrected chi connectivity index (χ3v) is 4.98. The third kappa shape index (κ3) is 3.74. The normalized spacial score (nSPS) is 14.3. The number of nitrogens with zero attached hydrogens (tertiary/aromatic N) is 2. The second kappa shape index (κ2) is 7.70. The highest BCUT2D eigenvalue weighted by molar-refractivity contribution is 6.21. The van der Waals surface area contributed by atoms with E-state index in [9.17, 15) is 18.8 Å². The number of amides is 3. The molecule has 140 valence electrons. The number of hydrogen-bond donors (Lipinski definition) is 0. The lowest BCUT2D eigenvalue weighted by molar-refractivity contribution is -0.132. The van der Waals surface area contributed by atoms with E-state index in [1.807, 2.05) is 6.92 Å². The van der Waals surface area contributed by atoms with Crippen LogP contribution in [0.15, 0.2) is 48.5 Å². The van der Waals surface area contributed by atoms with Crippen molar-refractivity contribution in [3.05, 3.63) is 71.0 Å². The molecule has 0 radical (unpaired) electrons. The minimum absolute atomic E-state index is 0.0940. The molecule has 2 aromatic rings. The molecule has 0 saturated heterocycles. The van der Waals surface area contributed by atoms with Crippen LogP contribution in [0.3, 0.4) is 0 Å². The second-order valence-corrected chi connectivity index (χ2v) is 6.64. The zero-order valence-electron chi connectivity index (χ0n) is 15.3. The first-order valence-corrected chi connectivity index (χ1v) is 8.86. The second-order valence-electron chi connectivity index (χ2n) is 6.64. The van der Waals surface area contributed by atoms with Crippen molar-refractivity contribution in [2.24, 2.45) is 0 Å². The molecule has 6 heteroatoms. The Morgan fingerprint density at radius 1 is 1.04 bits per heavy atom. The van der Waals surface area contributed by atoms with Crippen LogP contribution in [-0.4, -0.2) is 41.1 Å². The monoisotopic (exact) mass is 368 g/mol. The predicted octanol–water partition coefficient (Wildman–Crippen LogP) is 3.42. The Morgan fingerprint density at radius 2 is 1.59 bits per heavy atom. The molecule has 1 heterocycles. The minimum Gasteiger partial charge on any atom is -0.339 e. The number of rotatable bonds is 6. The molecule has 5 nitrogen and oxygen atoms in total. The predicted molar refractivity (Wildman–Crippen MR) is 98.6 cm³/mol. The van der Waals surface area contributed by atoms with E-state index in [1.165, 1.54) is 17.0 Å². The summed E-state index contributed by atoms with van der Waals surface area (Å²) in [5, 5.41) is 0. The maximum atomic E-state index is 13.0. The topological polar surface area (TPSA) is 57.7 Å². The number of halogens is 1. The molecule has 3 amide bonds. The van der Waals surface area contributed by atoms with Crippen molar-refractivity contribution in [2.45, 2.75) is 25.8 Å². The van der Waals surface area contributed by atoms with Crippen LogP contribution >= 0.6 is 0 Å². The van der Waals surface area contributed by atoms with E-state index in [1.54, 1.807) is 48.3 Å². The largest absolute Gasteiger partial charge is 0.339 e. The summed E-state index contributed by atoms with van der Waals surface area (Å²) in [4.78, 5) is 39.9. The van der Waals surface area contributed by atoms with Crippen LogP contribution in [0, 0.1) is 5.82 Å². The van der Waals surface area contributed by atoms with Gasteiger partial charge in [-0.3, -0.25) is 19.3 Å². The maximum Gasteiger partial charge on any atom is 0.261 e. The summed E-state index contributed by atoms with van der Waals surface area (Å²) in [7, 11) is 1.69. The number of imide groups is 1. The van der Waals surface area contributed by atoms with Crippen molar-refractivity contribution in [1.29, 1.82) is 0 Å². The Balaban J connectivity index is 1.54. The van der Waals surface area contributed by atoms with Crippen LogP contribution in [0.1, 0.15) is 52.1 Å². The fourth-order valence-corrected chi connectivity index (χ4v) is 3.19. The van der Waals surface area contributed by atoms with Crippen LogP contribution in [0.4, 0.5) is 4.39 Å². The molecule has 3 rings (SSSR count). The molecule has 0 spiro atoms. The van der Waals surface area contributed by atoms with Gasteiger partial charge in [-0.25, -0.2) is 4.39 Å². The van der Waals surface area contributed by atoms with Crippen molar-refractivity contribution in [3.8, 4) is 0 Å². The number of benzene rings is 2. The molecule has 0 N–H and O–H groups in total. The molecule has 0 aliphatic carbocycles. The molecule has 0 bridgehead atoms. The highest BCUT2D eigenvalue weighted by Crippen LogP contribution is 2.23. The van der Waals surface area contributed by atoms with E-state index in [4.69, 9.17) is 0 Å². The van der Waals surface area contributed by atoms with Gasteiger partial charge in [0.1, 0.15) is 5.82 Å². The zero-order valence-corrected chi connectivity index (χ0v) is 15.3. The Kier molecular flexibility index (Phi) is 5.35. The lowest BCUT2D eigenvalue weighted by atomic mass is 10.1. The molecule has 2 aromatic carbocycles. The lowest BCUT2D eigenvalue weighted by Crippen LogP contribution is -2.33. The molecule has 0 fully saturated rings. The van der Waals surface area contributed by atoms with E-state index in [0.717, 1.165) is 5.56 Å². The number of fused-ring (bicyclic) bond motifs is 1. The van der Waals surface area contributed by atoms with E-state index >= 15 is 0 Å². The van der Waals surface area contributed by atoms with Gasteiger partial charge in [0, 0.05) is 20.0 Å². The quantitative estimate of drug-likeness (QED) is 0.734. The van der Waals surface area contributed by atoms with Crippen molar-refractivity contribution >= 4 is 17.7 Å². The van der Waals surface area contributed by atoms with Crippen molar-refractivity contribution < 1.29 is 18.8 Å². The third-order valence-electron chi connectivity index (χ3n) is 4.98. The average molecular weight is 368 g/mol. The standard InChI is InChI=1S/C21H21FN2O3/c1-14(15-9-11-16(22)12-10-15)23(2)19(25)8-5-13-24-20(26)17-6-3-4-7-18(17)21(24)27/h3-4,6-7,9-12,14H,5,8,13H2,1-2H3. The van der Waals surface area contributed by atoms with Crippen LogP contribution < -0.4 is 0 Å². The Morgan fingerprint density at radius 3 is 2.15 bits per heavy atom. The van der Waals surface area contributed by atoms with Crippen LogP contribution in [0.2, 0.25) is 0 Å². The molecule has 1 unspecified atom stereocenters. The smallest absolute Gasteiger partial charge is 0.261 e. The lowest BCUT2D eigenvalue weighted by Gasteiger charge is -2.25. The molecule has 1 atom stereocenters. The molecular weight excluding hydrogens is 347 g/mol. The Labute approximate surface area is 157 Å². The molecular formula is C21H21FN2O3. The molecule has 27 heavy (non-hydrogen) atoms. The summed E-state index contributed by atoms with van der Waals surface area (Å²) in [6.07, 6.45) is 0.611. The summed E-state index contributed by atoms with van der Waals surface area (Å²) in [5.74, 6) is -1.03. The Hall–Kier alpha value is -3.02. The maximum absolute atomic E-state index is 13.0. The van der Waals surface area contributed by atoms with Crippen LogP contribution in [-0.2, 0) is 4.79 Å². The van der Waals surface area contributed by atoms with Gasteiger partial charge < -0.3 is 4.90 Å². The highest BCUT2D eigenvalue weighted by atomic mass is 19.1. The van der Waals surface area contributed by atoms with Crippen LogP contribution in [0.5, 0.6) is 0 Å². The number of hydrogen-bond acceptors (Lipinski definition) is 3. The molecule has 1 aliphatic heterocycles. The summed E-state index contributed by atoms with van der Waals surface area (Å²) in [6.45, 7) is 2.08. The summed E-state index contributed by atoms with van der Waals surface area (Å²) in [5.41, 5.74) is 1.67. The van der Waals surface area contributed by atoms with Gasteiger partial charge in [-0.1, -0.05) is 24.3 Å². The molecule has 0 aromatic heterocycles. The molecule has 0 saturated carbocycles. The number of carbonyl (C=O) groups is 3. The van der Waals surface area contributed by atoms with Crippen LogP contribution in [0.25, 0.3) is 0 Å². The van der Waals surface area contributed by atoms with E-state index in [2.05, 4.69) is 0 Å². The highest BCUT2D eigenvalue weighted by Gasteiger charge is 2.34. The van der Waals surface area contributed by atoms with Crippen molar-refractivity contribution in [3.63, 3.8) is 0 Å². The van der Waals surface area contributed by atoms with E-state index in [0.29, 0.717) is 17.5 Å². The van der Waals surface area contributed by atoms with Crippen molar-refractivity contribution in [1.82, 2.24) is 9.80 Å². The van der Waals surface area contributed by atoms with E-state index < -0.39 is 0 Å². The van der Waals surface area contributed by atoms with Crippen molar-refractivity contribution in [2.75, 3.05) is 13.6 Å². The van der Waals surface area contributed by atoms with Gasteiger partial charge in [0.05, 0.1) is 17.2 Å². The van der Waals surface area contributed by atoms with Gasteiger partial charge >= 0.3 is 0 Å². The van der Waals surface area contributed by atoms with E-state index in [-0.39, 0.29) is 42.5 Å². The molecule has 1 aliphatic rings. The van der Waals surface area contributed by atoms with Gasteiger partial charge in [0.25, 0.3) is 11.8 Å². The fraction of sp³-hybridized carbons (Fsp3) is 0.286. The fourth-order valence-electron chi connectivity index (χ4n) is 3.19. The summed E-state index contributed by atoms with van der Waals surface area (Å²) >= 11 is 0.